The SMILES string of the molecule is CC(C)COC(=O)CC(=O)C(C)(C)c1cccc(N=CN(C)C)c1. The van der Waals surface area contributed by atoms with E-state index in [4.69, 9.17) is 4.74 Å². The summed E-state index contributed by atoms with van der Waals surface area (Å²) in [6, 6.07) is 7.49. The second kappa shape index (κ2) is 8.62. The number of ketones is 1. The van der Waals surface area contributed by atoms with E-state index in [0.717, 1.165) is 11.3 Å². The topological polar surface area (TPSA) is 59.0 Å². The van der Waals surface area contributed by atoms with Gasteiger partial charge in [-0.25, -0.2) is 4.99 Å². The van der Waals surface area contributed by atoms with Gasteiger partial charge in [0, 0.05) is 19.5 Å². The van der Waals surface area contributed by atoms with Crippen molar-refractivity contribution in [1.29, 1.82) is 0 Å². The molecule has 0 N–H and O–H groups in total. The van der Waals surface area contributed by atoms with Crippen molar-refractivity contribution < 1.29 is 14.3 Å². The smallest absolute Gasteiger partial charge is 0.313 e. The number of hydrogen-bond donors (Lipinski definition) is 0. The fourth-order valence-corrected chi connectivity index (χ4v) is 1.98. The summed E-state index contributed by atoms with van der Waals surface area (Å²) in [6.07, 6.45) is 1.49. The molecule has 0 amide bonds. The average Bonchev–Trinajstić information content (AvgIpc) is 2.51. The molecule has 0 atom stereocenters. The summed E-state index contributed by atoms with van der Waals surface area (Å²) in [6.45, 7) is 7.89. The summed E-state index contributed by atoms with van der Waals surface area (Å²) in [5.74, 6) is -0.378. The zero-order valence-electron chi connectivity index (χ0n) is 15.5. The van der Waals surface area contributed by atoms with Gasteiger partial charge in [0.05, 0.1) is 18.6 Å². The van der Waals surface area contributed by atoms with Crippen LogP contribution >= 0.6 is 0 Å². The molecule has 0 fully saturated rings. The summed E-state index contributed by atoms with van der Waals surface area (Å²) < 4.78 is 5.10. The lowest BCUT2D eigenvalue weighted by atomic mass is 9.79. The molecule has 132 valence electrons. The van der Waals surface area contributed by atoms with Crippen molar-refractivity contribution in [2.45, 2.75) is 39.5 Å². The number of Topliss-reactive ketones (excluding diaryl/α,β-unsaturated/α-hetero) is 1. The maximum Gasteiger partial charge on any atom is 0.313 e. The molecule has 0 aliphatic heterocycles. The van der Waals surface area contributed by atoms with Gasteiger partial charge in [-0.15, -0.1) is 0 Å². The van der Waals surface area contributed by atoms with Crippen molar-refractivity contribution in [2.75, 3.05) is 20.7 Å². The summed E-state index contributed by atoms with van der Waals surface area (Å²) in [4.78, 5) is 30.5. The summed E-state index contributed by atoms with van der Waals surface area (Å²) in [5.41, 5.74) is 0.822. The van der Waals surface area contributed by atoms with Gasteiger partial charge < -0.3 is 9.64 Å². The van der Waals surface area contributed by atoms with E-state index >= 15 is 0 Å². The molecular formula is C19H28N2O3. The van der Waals surface area contributed by atoms with Gasteiger partial charge in [0.15, 0.2) is 5.78 Å². The second-order valence-corrected chi connectivity index (χ2v) is 7.06. The van der Waals surface area contributed by atoms with Crippen molar-refractivity contribution in [1.82, 2.24) is 4.90 Å². The van der Waals surface area contributed by atoms with Crippen LogP contribution in [0.2, 0.25) is 0 Å². The van der Waals surface area contributed by atoms with E-state index in [1.807, 2.05) is 71.0 Å². The lowest BCUT2D eigenvalue weighted by molar-refractivity contribution is -0.147. The largest absolute Gasteiger partial charge is 0.465 e. The first kappa shape index (κ1) is 19.9. The Kier molecular flexibility index (Phi) is 7.14. The standard InChI is InChI=1S/C19H28N2O3/c1-14(2)12-24-18(23)11-17(22)19(3,4)15-8-7-9-16(10-15)20-13-21(5)6/h7-10,13-14H,11-12H2,1-6H3. The first-order valence-corrected chi connectivity index (χ1v) is 8.13. The molecule has 5 heteroatoms. The highest BCUT2D eigenvalue weighted by atomic mass is 16.5. The second-order valence-electron chi connectivity index (χ2n) is 7.06. The Bertz CT molecular complexity index is 604. The molecule has 0 aliphatic rings. The zero-order valence-corrected chi connectivity index (χ0v) is 15.5. The predicted octanol–water partition coefficient (Wildman–Crippen LogP) is 3.34. The van der Waals surface area contributed by atoms with Crippen LogP contribution in [-0.2, 0) is 19.7 Å². The Morgan fingerprint density at radius 1 is 1.29 bits per heavy atom. The molecular weight excluding hydrogens is 304 g/mol. The number of aliphatic imine (C=N–C) groups is 1. The normalized spacial score (nSPS) is 11.8. The molecule has 0 unspecified atom stereocenters. The van der Waals surface area contributed by atoms with Crippen molar-refractivity contribution in [3.05, 3.63) is 29.8 Å². The molecule has 0 saturated carbocycles. The number of nitrogens with zero attached hydrogens (tertiary/aromatic N) is 2. The average molecular weight is 332 g/mol. The molecule has 1 aromatic rings. The number of benzene rings is 1. The highest BCUT2D eigenvalue weighted by molar-refractivity contribution is 6.01. The monoisotopic (exact) mass is 332 g/mol. The number of ether oxygens (including phenoxy) is 1. The first-order valence-electron chi connectivity index (χ1n) is 8.13. The van der Waals surface area contributed by atoms with Gasteiger partial charge in [-0.3, -0.25) is 9.59 Å². The van der Waals surface area contributed by atoms with Gasteiger partial charge in [-0.05, 0) is 37.5 Å². The van der Waals surface area contributed by atoms with E-state index in [-0.39, 0.29) is 18.1 Å². The van der Waals surface area contributed by atoms with Crippen molar-refractivity contribution in [3.8, 4) is 0 Å². The van der Waals surface area contributed by atoms with Crippen LogP contribution in [-0.4, -0.2) is 43.7 Å². The van der Waals surface area contributed by atoms with Crippen LogP contribution in [0.15, 0.2) is 29.3 Å². The van der Waals surface area contributed by atoms with Crippen LogP contribution < -0.4 is 0 Å². The van der Waals surface area contributed by atoms with Gasteiger partial charge in [-0.2, -0.15) is 0 Å². The third kappa shape index (κ3) is 6.14. The molecule has 0 heterocycles. The highest BCUT2D eigenvalue weighted by Gasteiger charge is 2.31. The minimum absolute atomic E-state index is 0.162. The number of hydrogen-bond acceptors (Lipinski definition) is 4. The van der Waals surface area contributed by atoms with Gasteiger partial charge in [0.1, 0.15) is 6.42 Å². The zero-order chi connectivity index (χ0) is 18.3. The predicted molar refractivity (Wildman–Crippen MR) is 96.7 cm³/mol. The van der Waals surface area contributed by atoms with Crippen molar-refractivity contribution in [2.24, 2.45) is 10.9 Å². The van der Waals surface area contributed by atoms with E-state index < -0.39 is 11.4 Å². The van der Waals surface area contributed by atoms with E-state index in [2.05, 4.69) is 4.99 Å². The number of rotatable bonds is 8. The summed E-state index contributed by atoms with van der Waals surface area (Å²) in [5, 5.41) is 0. The maximum atomic E-state index is 12.6. The van der Waals surface area contributed by atoms with Crippen LogP contribution in [0.3, 0.4) is 0 Å². The number of carbonyl (C=O) groups is 2. The molecule has 1 aromatic carbocycles. The Morgan fingerprint density at radius 3 is 2.54 bits per heavy atom. The Balaban J connectivity index is 2.84. The third-order valence-corrected chi connectivity index (χ3v) is 3.59. The van der Waals surface area contributed by atoms with Gasteiger partial charge >= 0.3 is 5.97 Å². The van der Waals surface area contributed by atoms with Gasteiger partial charge in [0.25, 0.3) is 0 Å². The van der Waals surface area contributed by atoms with E-state index in [1.165, 1.54) is 0 Å². The van der Waals surface area contributed by atoms with Crippen LogP contribution in [0.25, 0.3) is 0 Å². The van der Waals surface area contributed by atoms with E-state index in [9.17, 15) is 9.59 Å². The molecule has 0 saturated heterocycles. The summed E-state index contributed by atoms with van der Waals surface area (Å²) >= 11 is 0. The number of carbonyl (C=O) groups excluding carboxylic acids is 2. The fourth-order valence-electron chi connectivity index (χ4n) is 1.98. The van der Waals surface area contributed by atoms with Crippen LogP contribution in [0.4, 0.5) is 5.69 Å². The Labute approximate surface area is 144 Å². The maximum absolute atomic E-state index is 12.6. The van der Waals surface area contributed by atoms with Crippen LogP contribution in [0.1, 0.15) is 39.7 Å². The first-order chi connectivity index (χ1) is 11.1. The molecule has 0 aromatic heterocycles. The van der Waals surface area contributed by atoms with Gasteiger partial charge in [-0.1, -0.05) is 26.0 Å². The van der Waals surface area contributed by atoms with Gasteiger partial charge in [0.2, 0.25) is 0 Å². The molecule has 24 heavy (non-hydrogen) atoms. The number of esters is 1. The molecule has 0 bridgehead atoms. The fraction of sp³-hybridized carbons (Fsp3) is 0.526. The lowest BCUT2D eigenvalue weighted by Crippen LogP contribution is -2.31. The Morgan fingerprint density at radius 2 is 1.96 bits per heavy atom. The van der Waals surface area contributed by atoms with Crippen LogP contribution in [0.5, 0.6) is 0 Å². The molecule has 1 rings (SSSR count). The van der Waals surface area contributed by atoms with Crippen LogP contribution in [0, 0.1) is 5.92 Å². The van der Waals surface area contributed by atoms with E-state index in [1.54, 1.807) is 6.34 Å². The molecule has 0 spiro atoms. The third-order valence-electron chi connectivity index (χ3n) is 3.59. The quantitative estimate of drug-likeness (QED) is 0.317. The highest BCUT2D eigenvalue weighted by Crippen LogP contribution is 2.28. The molecule has 5 nitrogen and oxygen atoms in total. The van der Waals surface area contributed by atoms with E-state index in [0.29, 0.717) is 6.61 Å². The minimum Gasteiger partial charge on any atom is -0.465 e. The minimum atomic E-state index is -0.777. The molecule has 0 radical (unpaired) electrons. The Hall–Kier alpha value is -2.17. The van der Waals surface area contributed by atoms with Crippen molar-refractivity contribution in [3.63, 3.8) is 0 Å². The lowest BCUT2D eigenvalue weighted by Gasteiger charge is -2.23. The summed E-state index contributed by atoms with van der Waals surface area (Å²) in [7, 11) is 3.78. The van der Waals surface area contributed by atoms with Crippen molar-refractivity contribution >= 4 is 23.8 Å². The molecule has 0 aliphatic carbocycles.